The molecule has 1 N–H and O–H groups in total. The van der Waals surface area contributed by atoms with Crippen molar-refractivity contribution in [3.63, 3.8) is 0 Å². The van der Waals surface area contributed by atoms with Gasteiger partial charge in [-0.05, 0) is 73.2 Å². The van der Waals surface area contributed by atoms with Crippen LogP contribution in [0.15, 0.2) is 99.7 Å². The zero-order valence-electron chi connectivity index (χ0n) is 17.5. The second-order valence-electron chi connectivity index (χ2n) is 7.68. The highest BCUT2D eigenvalue weighted by Crippen LogP contribution is 2.41. The Morgan fingerprint density at radius 2 is 1.81 bits per heavy atom. The van der Waals surface area contributed by atoms with Gasteiger partial charge in [0.05, 0.1) is 11.7 Å². The van der Waals surface area contributed by atoms with Crippen LogP contribution in [-0.2, 0) is 6.54 Å². The summed E-state index contributed by atoms with van der Waals surface area (Å²) in [6, 6.07) is 22.3. The Kier molecular flexibility index (Phi) is 5.92. The van der Waals surface area contributed by atoms with E-state index < -0.39 is 0 Å². The summed E-state index contributed by atoms with van der Waals surface area (Å²) in [6.07, 6.45) is 5.41. The fraction of sp³-hybridized carbons (Fsp3) is 0.160. The number of hydrogen-bond donors (Lipinski definition) is 1. The highest BCUT2D eigenvalue weighted by molar-refractivity contribution is 7.99. The average Bonchev–Trinajstić information content (AvgIpc) is 3.41. The fourth-order valence-electron chi connectivity index (χ4n) is 3.84. The number of hydrogen-bond acceptors (Lipinski definition) is 5. The van der Waals surface area contributed by atoms with Gasteiger partial charge in [0.2, 0.25) is 0 Å². The van der Waals surface area contributed by atoms with Gasteiger partial charge in [-0.25, -0.2) is 0 Å². The minimum Gasteiger partial charge on any atom is -0.452 e. The summed E-state index contributed by atoms with van der Waals surface area (Å²) >= 11 is 7.36. The van der Waals surface area contributed by atoms with Gasteiger partial charge in [0.15, 0.2) is 10.2 Å². The van der Waals surface area contributed by atoms with Gasteiger partial charge in [-0.3, -0.25) is 9.97 Å². The number of nitrogens with zero attached hydrogens (tertiary/aromatic N) is 3. The molecule has 5 rings (SSSR count). The summed E-state index contributed by atoms with van der Waals surface area (Å²) in [5, 5.41) is 5.01. The number of aryl methyl sites for hydroxylation is 1. The van der Waals surface area contributed by atoms with E-state index in [0.29, 0.717) is 11.7 Å². The number of thiocarbonyl (C=S) groups is 1. The zero-order valence-corrected chi connectivity index (χ0v) is 19.1. The first-order valence-corrected chi connectivity index (χ1v) is 11.6. The topological polar surface area (TPSA) is 54.2 Å². The van der Waals surface area contributed by atoms with Crippen molar-refractivity contribution in [2.24, 2.45) is 0 Å². The van der Waals surface area contributed by atoms with E-state index in [1.165, 1.54) is 5.56 Å². The van der Waals surface area contributed by atoms with Crippen LogP contribution in [0.1, 0.15) is 34.7 Å². The maximum atomic E-state index is 6.35. The second kappa shape index (κ2) is 9.14. The van der Waals surface area contributed by atoms with Crippen molar-refractivity contribution >= 4 is 29.1 Å². The van der Waals surface area contributed by atoms with Crippen LogP contribution >= 0.6 is 24.0 Å². The number of furan rings is 1. The Morgan fingerprint density at radius 3 is 2.56 bits per heavy atom. The van der Waals surface area contributed by atoms with E-state index >= 15 is 0 Å². The van der Waals surface area contributed by atoms with E-state index in [-0.39, 0.29) is 12.1 Å². The Morgan fingerprint density at radius 1 is 1.00 bits per heavy atom. The summed E-state index contributed by atoms with van der Waals surface area (Å²) in [4.78, 5) is 12.0. The third-order valence-corrected chi connectivity index (χ3v) is 6.71. The van der Waals surface area contributed by atoms with Gasteiger partial charge >= 0.3 is 0 Å². The van der Waals surface area contributed by atoms with Crippen LogP contribution in [0.25, 0.3) is 0 Å². The molecule has 0 spiro atoms. The molecule has 1 aromatic carbocycles. The van der Waals surface area contributed by atoms with Crippen molar-refractivity contribution in [3.8, 4) is 0 Å². The number of rotatable bonds is 6. The summed E-state index contributed by atoms with van der Waals surface area (Å²) in [6.45, 7) is 2.74. The van der Waals surface area contributed by atoms with Gasteiger partial charge in [-0.2, -0.15) is 0 Å². The molecule has 1 fully saturated rings. The molecule has 0 aliphatic carbocycles. The van der Waals surface area contributed by atoms with E-state index in [1.54, 1.807) is 24.2 Å². The maximum Gasteiger partial charge on any atom is 0.170 e. The molecule has 5 nitrogen and oxygen atoms in total. The van der Waals surface area contributed by atoms with Gasteiger partial charge in [0, 0.05) is 30.0 Å². The van der Waals surface area contributed by atoms with Crippen LogP contribution in [0.2, 0.25) is 0 Å². The molecule has 2 atom stereocenters. The molecule has 1 aliphatic heterocycles. The molecule has 0 bridgehead atoms. The standard InChI is InChI=1S/C25H22N4OS2/c1-17-5-7-19(8-6-17)32-22-10-9-21(30-22)24-23(20-4-2-3-13-27-20)28-25(31)29(24)16-18-11-14-26-15-12-18/h2-15,23-24H,16H2,1H3,(H,28,31)/t23-,24+/m1/s1. The minimum absolute atomic E-state index is 0.103. The van der Waals surface area contributed by atoms with Crippen molar-refractivity contribution in [2.45, 2.75) is 35.5 Å². The summed E-state index contributed by atoms with van der Waals surface area (Å²) in [5.41, 5.74) is 3.31. The number of pyridine rings is 2. The third-order valence-electron chi connectivity index (χ3n) is 5.43. The zero-order chi connectivity index (χ0) is 21.9. The Balaban J connectivity index is 1.47. The number of benzene rings is 1. The second-order valence-corrected chi connectivity index (χ2v) is 9.15. The van der Waals surface area contributed by atoms with E-state index in [1.807, 2.05) is 48.7 Å². The van der Waals surface area contributed by atoms with Gasteiger partial charge in [0.25, 0.3) is 0 Å². The third kappa shape index (κ3) is 4.40. The lowest BCUT2D eigenvalue weighted by molar-refractivity contribution is 0.254. The molecular formula is C25H22N4OS2. The molecule has 4 heterocycles. The largest absolute Gasteiger partial charge is 0.452 e. The van der Waals surface area contributed by atoms with E-state index in [9.17, 15) is 0 Å². The van der Waals surface area contributed by atoms with Crippen LogP contribution in [-0.4, -0.2) is 20.0 Å². The van der Waals surface area contributed by atoms with Crippen molar-refractivity contribution in [3.05, 3.63) is 108 Å². The summed E-state index contributed by atoms with van der Waals surface area (Å²) < 4.78 is 6.35. The van der Waals surface area contributed by atoms with Gasteiger partial charge in [-0.1, -0.05) is 35.5 Å². The molecular weight excluding hydrogens is 436 g/mol. The molecule has 0 saturated carbocycles. The first-order valence-electron chi connectivity index (χ1n) is 10.4. The number of nitrogens with one attached hydrogen (secondary N) is 1. The van der Waals surface area contributed by atoms with Gasteiger partial charge in [0.1, 0.15) is 11.8 Å². The smallest absolute Gasteiger partial charge is 0.170 e. The molecule has 0 unspecified atom stereocenters. The van der Waals surface area contributed by atoms with Gasteiger partial charge in [-0.15, -0.1) is 0 Å². The summed E-state index contributed by atoms with van der Waals surface area (Å²) in [7, 11) is 0. The monoisotopic (exact) mass is 458 g/mol. The molecule has 3 aromatic heterocycles. The van der Waals surface area contributed by atoms with E-state index in [4.69, 9.17) is 16.6 Å². The molecule has 160 valence electrons. The molecule has 1 aliphatic rings. The lowest BCUT2D eigenvalue weighted by Gasteiger charge is -2.26. The average molecular weight is 459 g/mol. The molecule has 0 amide bonds. The highest BCUT2D eigenvalue weighted by atomic mass is 32.2. The van der Waals surface area contributed by atoms with Crippen molar-refractivity contribution in [1.82, 2.24) is 20.2 Å². The van der Waals surface area contributed by atoms with E-state index in [0.717, 1.165) is 27.0 Å². The minimum atomic E-state index is -0.113. The summed E-state index contributed by atoms with van der Waals surface area (Å²) in [5.74, 6) is 0.858. The SMILES string of the molecule is Cc1ccc(Sc2ccc([C@H]3[C@@H](c4ccccn4)NC(=S)N3Cc3ccncc3)o2)cc1. The normalized spacial score (nSPS) is 18.0. The first kappa shape index (κ1) is 20.7. The number of aromatic nitrogens is 2. The predicted molar refractivity (Wildman–Crippen MR) is 129 cm³/mol. The first-order chi connectivity index (χ1) is 15.7. The van der Waals surface area contributed by atoms with Crippen LogP contribution in [0.4, 0.5) is 0 Å². The highest BCUT2D eigenvalue weighted by Gasteiger charge is 2.41. The van der Waals surface area contributed by atoms with E-state index in [2.05, 4.69) is 51.4 Å². The molecule has 1 saturated heterocycles. The van der Waals surface area contributed by atoms with Crippen LogP contribution in [0.3, 0.4) is 0 Å². The van der Waals surface area contributed by atoms with Crippen LogP contribution in [0, 0.1) is 6.92 Å². The molecule has 32 heavy (non-hydrogen) atoms. The van der Waals surface area contributed by atoms with Crippen LogP contribution in [0.5, 0.6) is 0 Å². The Bertz CT molecular complexity index is 1200. The molecule has 4 aromatic rings. The predicted octanol–water partition coefficient (Wildman–Crippen LogP) is 5.70. The maximum absolute atomic E-state index is 6.35. The lowest BCUT2D eigenvalue weighted by Crippen LogP contribution is -2.29. The fourth-order valence-corrected chi connectivity index (χ4v) is 4.92. The van der Waals surface area contributed by atoms with Crippen molar-refractivity contribution < 1.29 is 4.42 Å². The lowest BCUT2D eigenvalue weighted by atomic mass is 10.0. The Hall–Kier alpha value is -3.16. The quantitative estimate of drug-likeness (QED) is 0.372. The Labute approximate surface area is 196 Å². The van der Waals surface area contributed by atoms with Crippen LogP contribution < -0.4 is 5.32 Å². The molecule has 0 radical (unpaired) electrons. The van der Waals surface area contributed by atoms with Gasteiger partial charge < -0.3 is 14.6 Å². The van der Waals surface area contributed by atoms with Crippen molar-refractivity contribution in [1.29, 1.82) is 0 Å². The van der Waals surface area contributed by atoms with Crippen molar-refractivity contribution in [2.75, 3.05) is 0 Å². The molecule has 7 heteroatoms.